The molecule has 2 atom stereocenters. The normalized spacial score (nSPS) is 26.5. The summed E-state index contributed by atoms with van der Waals surface area (Å²) >= 11 is 0. The number of piperidine rings is 1. The summed E-state index contributed by atoms with van der Waals surface area (Å²) in [5.74, 6) is 0.375. The Balaban J connectivity index is 1.79. The van der Waals surface area contributed by atoms with E-state index in [1.807, 2.05) is 0 Å². The van der Waals surface area contributed by atoms with E-state index in [9.17, 15) is 9.90 Å². The van der Waals surface area contributed by atoms with Crippen molar-refractivity contribution in [2.75, 3.05) is 13.1 Å². The highest BCUT2D eigenvalue weighted by Gasteiger charge is 2.31. The number of carboxylic acid groups (broad SMARTS) is 1. The highest BCUT2D eigenvalue weighted by atomic mass is 16.4. The predicted molar refractivity (Wildman–Crippen MR) is 78.2 cm³/mol. The van der Waals surface area contributed by atoms with Crippen LogP contribution in [0.3, 0.4) is 0 Å². The Morgan fingerprint density at radius 3 is 2.86 bits per heavy atom. The average molecular weight is 292 g/mol. The van der Waals surface area contributed by atoms with E-state index in [1.165, 1.54) is 25.8 Å². The Bertz CT molecular complexity index is 514. The number of carboxylic acids is 1. The second-order valence-corrected chi connectivity index (χ2v) is 6.14. The topological polar surface area (TPSA) is 71.2 Å². The maximum absolute atomic E-state index is 11.3. The van der Waals surface area contributed by atoms with Gasteiger partial charge in [0.05, 0.1) is 0 Å². The largest absolute Gasteiger partial charge is 0.481 e. The molecule has 21 heavy (non-hydrogen) atoms. The fourth-order valence-electron chi connectivity index (χ4n) is 3.74. The third-order valence-electron chi connectivity index (χ3n) is 4.91. The number of carbonyl (C=O) groups is 1. The van der Waals surface area contributed by atoms with Crippen molar-refractivity contribution in [3.05, 3.63) is 11.6 Å². The number of nitrogens with zero attached hydrogens (tertiary/aromatic N) is 4. The smallest absolute Gasteiger partial charge is 0.314 e. The van der Waals surface area contributed by atoms with Gasteiger partial charge in [0, 0.05) is 19.0 Å². The fraction of sp³-hybridized carbons (Fsp3) is 0.800. The minimum atomic E-state index is -0.775. The number of likely N-dealkylation sites (tertiary alicyclic amines) is 1. The standard InChI is InChI=1S/C15H24N4O2/c1-2-18-8-4-3-6-11(18)10-13-16-17-14-12(15(20)21)7-5-9-19(13)14/h11-12H,2-10H2,1H3,(H,20,21). The third kappa shape index (κ3) is 2.81. The van der Waals surface area contributed by atoms with Crippen LogP contribution in [0.4, 0.5) is 0 Å². The SMILES string of the molecule is CCN1CCCCC1Cc1nnc2n1CCCC2C(=O)O. The summed E-state index contributed by atoms with van der Waals surface area (Å²) in [6.07, 6.45) is 6.24. The lowest BCUT2D eigenvalue weighted by Crippen LogP contribution is -2.41. The highest BCUT2D eigenvalue weighted by Crippen LogP contribution is 2.28. The van der Waals surface area contributed by atoms with Gasteiger partial charge in [0.25, 0.3) is 0 Å². The van der Waals surface area contributed by atoms with Crippen LogP contribution in [0, 0.1) is 0 Å². The second kappa shape index (κ2) is 6.13. The van der Waals surface area contributed by atoms with Crippen molar-refractivity contribution in [2.24, 2.45) is 0 Å². The minimum absolute atomic E-state index is 0.478. The molecule has 0 amide bonds. The molecule has 0 bridgehead atoms. The molecule has 116 valence electrons. The van der Waals surface area contributed by atoms with Gasteiger partial charge in [-0.05, 0) is 38.8 Å². The van der Waals surface area contributed by atoms with E-state index >= 15 is 0 Å². The number of aromatic nitrogens is 3. The molecule has 0 aromatic carbocycles. The summed E-state index contributed by atoms with van der Waals surface area (Å²) in [6.45, 7) is 5.31. The number of aliphatic carboxylic acids is 1. The molecule has 6 heteroatoms. The summed E-state index contributed by atoms with van der Waals surface area (Å²) in [5.41, 5.74) is 0. The summed E-state index contributed by atoms with van der Waals surface area (Å²) < 4.78 is 2.06. The summed E-state index contributed by atoms with van der Waals surface area (Å²) in [7, 11) is 0. The first-order chi connectivity index (χ1) is 10.2. The fourth-order valence-corrected chi connectivity index (χ4v) is 3.74. The zero-order chi connectivity index (χ0) is 14.8. The first-order valence-corrected chi connectivity index (χ1v) is 8.09. The lowest BCUT2D eigenvalue weighted by molar-refractivity contribution is -0.139. The highest BCUT2D eigenvalue weighted by molar-refractivity contribution is 5.75. The second-order valence-electron chi connectivity index (χ2n) is 6.14. The Hall–Kier alpha value is -1.43. The quantitative estimate of drug-likeness (QED) is 0.913. The number of hydrogen-bond donors (Lipinski definition) is 1. The van der Waals surface area contributed by atoms with Crippen LogP contribution in [0.15, 0.2) is 0 Å². The molecule has 1 aromatic heterocycles. The lowest BCUT2D eigenvalue weighted by atomic mass is 9.97. The van der Waals surface area contributed by atoms with Crippen molar-refractivity contribution in [3.63, 3.8) is 0 Å². The Labute approximate surface area is 125 Å². The molecule has 2 aliphatic rings. The molecule has 0 spiro atoms. The van der Waals surface area contributed by atoms with E-state index in [0.29, 0.717) is 18.3 Å². The van der Waals surface area contributed by atoms with Gasteiger partial charge in [0.1, 0.15) is 17.6 Å². The van der Waals surface area contributed by atoms with Crippen LogP contribution >= 0.6 is 0 Å². The van der Waals surface area contributed by atoms with Crippen molar-refractivity contribution in [3.8, 4) is 0 Å². The van der Waals surface area contributed by atoms with Gasteiger partial charge in [0.2, 0.25) is 0 Å². The number of hydrogen-bond acceptors (Lipinski definition) is 4. The number of rotatable bonds is 4. The maximum Gasteiger partial charge on any atom is 0.314 e. The summed E-state index contributed by atoms with van der Waals surface area (Å²) in [6, 6.07) is 0.530. The minimum Gasteiger partial charge on any atom is -0.481 e. The van der Waals surface area contributed by atoms with Gasteiger partial charge in [0.15, 0.2) is 0 Å². The van der Waals surface area contributed by atoms with Gasteiger partial charge in [-0.15, -0.1) is 10.2 Å². The number of likely N-dealkylation sites (N-methyl/N-ethyl adjacent to an activating group) is 1. The Kier molecular flexibility index (Phi) is 4.24. The van der Waals surface area contributed by atoms with Crippen LogP contribution in [-0.4, -0.2) is 49.9 Å². The molecule has 2 unspecified atom stereocenters. The molecule has 0 aliphatic carbocycles. The van der Waals surface area contributed by atoms with Crippen LogP contribution < -0.4 is 0 Å². The van der Waals surface area contributed by atoms with Gasteiger partial charge in [-0.3, -0.25) is 4.79 Å². The monoisotopic (exact) mass is 292 g/mol. The average Bonchev–Trinajstić information content (AvgIpc) is 2.91. The van der Waals surface area contributed by atoms with E-state index < -0.39 is 11.9 Å². The zero-order valence-electron chi connectivity index (χ0n) is 12.7. The number of fused-ring (bicyclic) bond motifs is 1. The predicted octanol–water partition coefficient (Wildman–Crippen LogP) is 1.66. The molecule has 1 fully saturated rings. The molecule has 3 rings (SSSR count). The molecular formula is C15H24N4O2. The van der Waals surface area contributed by atoms with E-state index in [0.717, 1.165) is 31.8 Å². The van der Waals surface area contributed by atoms with Gasteiger partial charge < -0.3 is 14.6 Å². The van der Waals surface area contributed by atoms with Gasteiger partial charge in [-0.1, -0.05) is 13.3 Å². The Morgan fingerprint density at radius 1 is 1.24 bits per heavy atom. The van der Waals surface area contributed by atoms with Crippen molar-refractivity contribution in [2.45, 2.75) is 64.0 Å². The summed E-state index contributed by atoms with van der Waals surface area (Å²) in [4.78, 5) is 13.8. The van der Waals surface area contributed by atoms with Crippen LogP contribution in [0.25, 0.3) is 0 Å². The zero-order valence-corrected chi connectivity index (χ0v) is 12.7. The Morgan fingerprint density at radius 2 is 2.10 bits per heavy atom. The van der Waals surface area contributed by atoms with Crippen LogP contribution in [0.1, 0.15) is 56.6 Å². The first-order valence-electron chi connectivity index (χ1n) is 8.09. The molecule has 2 aliphatic heterocycles. The molecule has 0 saturated carbocycles. The third-order valence-corrected chi connectivity index (χ3v) is 4.91. The molecular weight excluding hydrogens is 268 g/mol. The maximum atomic E-state index is 11.3. The molecule has 0 radical (unpaired) electrons. The van der Waals surface area contributed by atoms with Gasteiger partial charge in [-0.2, -0.15) is 0 Å². The van der Waals surface area contributed by atoms with E-state index in [-0.39, 0.29) is 0 Å². The first kappa shape index (κ1) is 14.5. The molecule has 6 nitrogen and oxygen atoms in total. The van der Waals surface area contributed by atoms with Crippen LogP contribution in [0.5, 0.6) is 0 Å². The molecule has 1 N–H and O–H groups in total. The molecule has 1 aromatic rings. The van der Waals surface area contributed by atoms with E-state index in [4.69, 9.17) is 0 Å². The van der Waals surface area contributed by atoms with Crippen molar-refractivity contribution in [1.82, 2.24) is 19.7 Å². The van der Waals surface area contributed by atoms with Gasteiger partial charge in [-0.25, -0.2) is 0 Å². The lowest BCUT2D eigenvalue weighted by Gasteiger charge is -2.34. The molecule has 3 heterocycles. The van der Waals surface area contributed by atoms with Crippen molar-refractivity contribution >= 4 is 5.97 Å². The molecule has 1 saturated heterocycles. The van der Waals surface area contributed by atoms with Crippen molar-refractivity contribution < 1.29 is 9.90 Å². The van der Waals surface area contributed by atoms with Crippen LogP contribution in [0.2, 0.25) is 0 Å². The van der Waals surface area contributed by atoms with Crippen molar-refractivity contribution in [1.29, 1.82) is 0 Å². The summed E-state index contributed by atoms with van der Waals surface area (Å²) in [5, 5.41) is 17.8. The van der Waals surface area contributed by atoms with Crippen LogP contribution in [-0.2, 0) is 17.8 Å². The van der Waals surface area contributed by atoms with E-state index in [2.05, 4.69) is 26.6 Å². The van der Waals surface area contributed by atoms with Gasteiger partial charge >= 0.3 is 5.97 Å². The van der Waals surface area contributed by atoms with E-state index in [1.54, 1.807) is 0 Å².